The zero-order valence-corrected chi connectivity index (χ0v) is 16.6. The van der Waals surface area contributed by atoms with Crippen LogP contribution < -0.4 is 10.1 Å². The summed E-state index contributed by atoms with van der Waals surface area (Å²) in [6.07, 6.45) is 8.45. The standard InChI is InChI=1S/C21H33N5O/c1-22-21(26-11-7-19(15-26)14-25-9-2-3-10-25)24-13-18-6-8-23-20(12-18)27-16-17-4-5-17/h6,8,12,17,19H,2-5,7,9-11,13-16H2,1H3,(H,22,24). The summed E-state index contributed by atoms with van der Waals surface area (Å²) in [4.78, 5) is 13.9. The molecule has 0 amide bonds. The summed E-state index contributed by atoms with van der Waals surface area (Å²) in [6.45, 7) is 7.60. The van der Waals surface area contributed by atoms with Gasteiger partial charge in [-0.15, -0.1) is 0 Å². The molecular weight excluding hydrogens is 338 g/mol. The smallest absolute Gasteiger partial charge is 0.213 e. The zero-order valence-electron chi connectivity index (χ0n) is 16.6. The van der Waals surface area contributed by atoms with Crippen molar-refractivity contribution in [1.29, 1.82) is 0 Å². The normalized spacial score (nSPS) is 23.8. The third-order valence-electron chi connectivity index (χ3n) is 5.93. The monoisotopic (exact) mass is 371 g/mol. The summed E-state index contributed by atoms with van der Waals surface area (Å²) in [6, 6.07) is 4.09. The predicted molar refractivity (Wildman–Crippen MR) is 108 cm³/mol. The lowest BCUT2D eigenvalue weighted by molar-refractivity contribution is 0.281. The SMILES string of the molecule is CN=C(NCc1ccnc(OCC2CC2)c1)N1CCC(CN2CCCC2)C1. The van der Waals surface area contributed by atoms with Crippen molar-refractivity contribution >= 4 is 5.96 Å². The highest BCUT2D eigenvalue weighted by Gasteiger charge is 2.27. The van der Waals surface area contributed by atoms with Gasteiger partial charge in [0.25, 0.3) is 0 Å². The van der Waals surface area contributed by atoms with Gasteiger partial charge >= 0.3 is 0 Å². The second kappa shape index (κ2) is 8.91. The maximum absolute atomic E-state index is 5.80. The van der Waals surface area contributed by atoms with E-state index in [0.29, 0.717) is 0 Å². The van der Waals surface area contributed by atoms with Crippen LogP contribution in [-0.2, 0) is 6.54 Å². The van der Waals surface area contributed by atoms with Gasteiger partial charge in [-0.3, -0.25) is 4.99 Å². The van der Waals surface area contributed by atoms with Crippen molar-refractivity contribution in [3.63, 3.8) is 0 Å². The molecular formula is C21H33N5O. The quantitative estimate of drug-likeness (QED) is 0.589. The van der Waals surface area contributed by atoms with Crippen LogP contribution in [0.25, 0.3) is 0 Å². The van der Waals surface area contributed by atoms with Gasteiger partial charge in [-0.1, -0.05) is 0 Å². The highest BCUT2D eigenvalue weighted by molar-refractivity contribution is 5.80. The van der Waals surface area contributed by atoms with Gasteiger partial charge in [-0.25, -0.2) is 4.98 Å². The highest BCUT2D eigenvalue weighted by Crippen LogP contribution is 2.29. The molecule has 1 aliphatic carbocycles. The molecule has 2 saturated heterocycles. The molecule has 0 bridgehead atoms. The summed E-state index contributed by atoms with van der Waals surface area (Å²) in [5.41, 5.74) is 1.18. The van der Waals surface area contributed by atoms with Gasteiger partial charge < -0.3 is 19.9 Å². The molecule has 3 heterocycles. The molecule has 1 aromatic heterocycles. The number of likely N-dealkylation sites (tertiary alicyclic amines) is 2. The van der Waals surface area contributed by atoms with E-state index in [0.717, 1.165) is 49.9 Å². The van der Waals surface area contributed by atoms with Gasteiger partial charge in [-0.2, -0.15) is 0 Å². The molecule has 1 aromatic rings. The van der Waals surface area contributed by atoms with Crippen LogP contribution in [0.15, 0.2) is 23.3 Å². The molecule has 2 aliphatic heterocycles. The van der Waals surface area contributed by atoms with Gasteiger partial charge in [-0.05, 0) is 68.7 Å². The fraction of sp³-hybridized carbons (Fsp3) is 0.714. The van der Waals surface area contributed by atoms with E-state index in [9.17, 15) is 0 Å². The van der Waals surface area contributed by atoms with Crippen molar-refractivity contribution in [2.45, 2.75) is 38.6 Å². The molecule has 3 fully saturated rings. The Morgan fingerprint density at radius 1 is 1.22 bits per heavy atom. The number of hydrogen-bond acceptors (Lipinski definition) is 4. The fourth-order valence-corrected chi connectivity index (χ4v) is 4.14. The van der Waals surface area contributed by atoms with E-state index in [1.165, 1.54) is 57.3 Å². The van der Waals surface area contributed by atoms with Crippen LogP contribution in [0.1, 0.15) is 37.7 Å². The molecule has 4 rings (SSSR count). The molecule has 1 N–H and O–H groups in total. The van der Waals surface area contributed by atoms with Crippen molar-refractivity contribution < 1.29 is 4.74 Å². The van der Waals surface area contributed by atoms with Crippen molar-refractivity contribution in [2.75, 3.05) is 46.4 Å². The Bertz CT molecular complexity index is 639. The van der Waals surface area contributed by atoms with Crippen LogP contribution in [0.3, 0.4) is 0 Å². The minimum Gasteiger partial charge on any atom is -0.477 e. The van der Waals surface area contributed by atoms with Crippen molar-refractivity contribution in [3.8, 4) is 5.88 Å². The second-order valence-corrected chi connectivity index (χ2v) is 8.27. The number of guanidine groups is 1. The summed E-state index contributed by atoms with van der Waals surface area (Å²) < 4.78 is 5.80. The van der Waals surface area contributed by atoms with Crippen molar-refractivity contribution in [2.24, 2.45) is 16.8 Å². The lowest BCUT2D eigenvalue weighted by Crippen LogP contribution is -2.40. The zero-order chi connectivity index (χ0) is 18.5. The number of nitrogens with zero attached hydrogens (tertiary/aromatic N) is 4. The topological polar surface area (TPSA) is 53.0 Å². The van der Waals surface area contributed by atoms with Crippen molar-refractivity contribution in [1.82, 2.24) is 20.1 Å². The van der Waals surface area contributed by atoms with Gasteiger partial charge in [0.15, 0.2) is 5.96 Å². The van der Waals surface area contributed by atoms with Crippen LogP contribution >= 0.6 is 0 Å². The fourth-order valence-electron chi connectivity index (χ4n) is 4.14. The summed E-state index contributed by atoms with van der Waals surface area (Å²) in [5, 5.41) is 3.53. The first-order valence-corrected chi connectivity index (χ1v) is 10.6. The molecule has 0 aromatic carbocycles. The molecule has 0 spiro atoms. The van der Waals surface area contributed by atoms with E-state index in [4.69, 9.17) is 4.74 Å². The maximum atomic E-state index is 5.80. The number of hydrogen-bond donors (Lipinski definition) is 1. The minimum absolute atomic E-state index is 0.739. The Hall–Kier alpha value is -1.82. The third-order valence-corrected chi connectivity index (χ3v) is 5.93. The van der Waals surface area contributed by atoms with Crippen molar-refractivity contribution in [3.05, 3.63) is 23.9 Å². The molecule has 27 heavy (non-hydrogen) atoms. The Morgan fingerprint density at radius 3 is 2.85 bits per heavy atom. The van der Waals surface area contributed by atoms with Gasteiger partial charge in [0, 0.05) is 45.5 Å². The molecule has 3 aliphatic rings. The average molecular weight is 372 g/mol. The first kappa shape index (κ1) is 18.5. The molecule has 6 heteroatoms. The summed E-state index contributed by atoms with van der Waals surface area (Å²) >= 11 is 0. The Balaban J connectivity index is 1.24. The van der Waals surface area contributed by atoms with Gasteiger partial charge in [0.2, 0.25) is 5.88 Å². The largest absolute Gasteiger partial charge is 0.477 e. The molecule has 148 valence electrons. The Morgan fingerprint density at radius 2 is 2.07 bits per heavy atom. The van der Waals surface area contributed by atoms with E-state index in [1.807, 2.05) is 25.4 Å². The van der Waals surface area contributed by atoms with Crippen LogP contribution in [-0.4, -0.2) is 67.1 Å². The molecule has 1 saturated carbocycles. The summed E-state index contributed by atoms with van der Waals surface area (Å²) in [5.74, 6) is 3.26. The van der Waals surface area contributed by atoms with E-state index in [2.05, 4.69) is 25.1 Å². The van der Waals surface area contributed by atoms with Crippen LogP contribution in [0.5, 0.6) is 5.88 Å². The lowest BCUT2D eigenvalue weighted by Gasteiger charge is -2.23. The van der Waals surface area contributed by atoms with Crippen LogP contribution in [0, 0.1) is 11.8 Å². The average Bonchev–Trinajstić information content (AvgIpc) is 3.16. The number of aromatic nitrogens is 1. The number of pyridine rings is 1. The molecule has 0 radical (unpaired) electrons. The van der Waals surface area contributed by atoms with Gasteiger partial charge in [0.1, 0.15) is 0 Å². The number of ether oxygens (including phenoxy) is 1. The first-order chi connectivity index (χ1) is 13.3. The van der Waals surface area contributed by atoms with Gasteiger partial charge in [0.05, 0.1) is 6.61 Å². The predicted octanol–water partition coefficient (Wildman–Crippen LogP) is 2.36. The third kappa shape index (κ3) is 5.34. The minimum atomic E-state index is 0.739. The molecule has 1 unspecified atom stereocenters. The van der Waals surface area contributed by atoms with E-state index >= 15 is 0 Å². The van der Waals surface area contributed by atoms with Crippen LogP contribution in [0.2, 0.25) is 0 Å². The first-order valence-electron chi connectivity index (χ1n) is 10.6. The number of nitrogens with one attached hydrogen (secondary N) is 1. The lowest BCUT2D eigenvalue weighted by atomic mass is 10.1. The van der Waals surface area contributed by atoms with Crippen LogP contribution in [0.4, 0.5) is 0 Å². The summed E-state index contributed by atoms with van der Waals surface area (Å²) in [7, 11) is 1.88. The maximum Gasteiger partial charge on any atom is 0.213 e. The Labute approximate surface area is 163 Å². The second-order valence-electron chi connectivity index (χ2n) is 8.27. The highest BCUT2D eigenvalue weighted by atomic mass is 16.5. The van der Waals surface area contributed by atoms with E-state index in [-0.39, 0.29) is 0 Å². The van der Waals surface area contributed by atoms with E-state index < -0.39 is 0 Å². The molecule has 6 nitrogen and oxygen atoms in total. The number of aliphatic imine (C=N–C) groups is 1. The number of rotatable bonds is 7. The molecule has 1 atom stereocenters. The Kier molecular flexibility index (Phi) is 6.12. The van der Waals surface area contributed by atoms with E-state index in [1.54, 1.807) is 0 Å².